The Labute approximate surface area is 110 Å². The van der Waals surface area contributed by atoms with Crippen molar-refractivity contribution < 1.29 is 17.1 Å². The third-order valence-electron chi connectivity index (χ3n) is 2.97. The van der Waals surface area contributed by atoms with Crippen molar-refractivity contribution >= 4 is 27.5 Å². The summed E-state index contributed by atoms with van der Waals surface area (Å²) in [6, 6.07) is 3.54. The lowest BCUT2D eigenvalue weighted by Gasteiger charge is -2.31. The topological polar surface area (TPSA) is 54.5 Å². The summed E-state index contributed by atoms with van der Waals surface area (Å²) in [6.07, 6.45) is 1.37. The summed E-state index contributed by atoms with van der Waals surface area (Å²) < 4.78 is 33.9. The number of amides is 1. The second kappa shape index (κ2) is 5.36. The van der Waals surface area contributed by atoms with Gasteiger partial charge in [0.1, 0.15) is 0 Å². The molecule has 1 saturated heterocycles. The van der Waals surface area contributed by atoms with Gasteiger partial charge in [0.15, 0.2) is 0 Å². The van der Waals surface area contributed by atoms with Crippen LogP contribution in [0.2, 0.25) is 0 Å². The number of piperidine rings is 1. The fourth-order valence-corrected chi connectivity index (χ4v) is 3.75. The second-order valence-corrected chi connectivity index (χ2v) is 6.80. The number of rotatable bonds is 3. The third-order valence-corrected chi connectivity index (χ3v) is 4.70. The van der Waals surface area contributed by atoms with Crippen LogP contribution in [0.1, 0.15) is 22.5 Å². The van der Waals surface area contributed by atoms with Crippen molar-refractivity contribution in [2.75, 3.05) is 18.8 Å². The maximum Gasteiger partial charge on any atom is 0.302 e. The van der Waals surface area contributed by atoms with Gasteiger partial charge in [-0.05, 0) is 30.2 Å². The largest absolute Gasteiger partial charge is 0.338 e. The smallest absolute Gasteiger partial charge is 0.302 e. The summed E-state index contributed by atoms with van der Waals surface area (Å²) >= 11 is 1.36. The highest BCUT2D eigenvalue weighted by Crippen LogP contribution is 2.21. The van der Waals surface area contributed by atoms with Gasteiger partial charge in [-0.3, -0.25) is 4.79 Å². The average molecular weight is 291 g/mol. The van der Waals surface area contributed by atoms with Gasteiger partial charge in [0.2, 0.25) is 0 Å². The van der Waals surface area contributed by atoms with Gasteiger partial charge in [-0.15, -0.1) is 15.2 Å². The molecule has 2 heterocycles. The van der Waals surface area contributed by atoms with Crippen LogP contribution in [-0.4, -0.2) is 38.1 Å². The van der Waals surface area contributed by atoms with Gasteiger partial charge in [-0.1, -0.05) is 6.07 Å². The van der Waals surface area contributed by atoms with Crippen LogP contribution < -0.4 is 0 Å². The molecule has 0 aromatic carbocycles. The first-order chi connectivity index (χ1) is 8.46. The predicted octanol–water partition coefficient (Wildman–Crippen LogP) is 1.90. The van der Waals surface area contributed by atoms with E-state index in [2.05, 4.69) is 0 Å². The SMILES string of the molecule is O=C(c1cccs1)N1CCC[C@H](CS(=O)(=O)F)C1. The van der Waals surface area contributed by atoms with E-state index in [-0.39, 0.29) is 11.8 Å². The van der Waals surface area contributed by atoms with Crippen LogP contribution in [0.4, 0.5) is 3.89 Å². The van der Waals surface area contributed by atoms with Gasteiger partial charge in [0, 0.05) is 13.1 Å². The summed E-state index contributed by atoms with van der Waals surface area (Å²) in [5.41, 5.74) is 0. The molecule has 1 aliphatic heterocycles. The van der Waals surface area contributed by atoms with Crippen molar-refractivity contribution in [3.8, 4) is 0 Å². The zero-order valence-corrected chi connectivity index (χ0v) is 11.3. The lowest BCUT2D eigenvalue weighted by atomic mass is 10.00. The van der Waals surface area contributed by atoms with Gasteiger partial charge < -0.3 is 4.90 Å². The minimum atomic E-state index is -4.46. The first-order valence-electron chi connectivity index (χ1n) is 5.71. The number of likely N-dealkylation sites (tertiary alicyclic amines) is 1. The van der Waals surface area contributed by atoms with Crippen molar-refractivity contribution in [3.63, 3.8) is 0 Å². The summed E-state index contributed by atoms with van der Waals surface area (Å²) in [6.45, 7) is 0.930. The molecule has 1 aliphatic rings. The van der Waals surface area contributed by atoms with E-state index in [4.69, 9.17) is 0 Å². The number of hydrogen-bond acceptors (Lipinski definition) is 4. The van der Waals surface area contributed by atoms with Crippen molar-refractivity contribution in [2.45, 2.75) is 12.8 Å². The molecule has 2 rings (SSSR count). The number of carbonyl (C=O) groups excluding carboxylic acids is 1. The standard InChI is InChI=1S/C11H14FNO3S2/c12-18(15,16)8-9-3-1-5-13(7-9)11(14)10-4-2-6-17-10/h2,4,6,9H,1,3,5,7-8H2/t9-/m0/s1. The van der Waals surface area contributed by atoms with E-state index in [1.54, 1.807) is 17.0 Å². The minimum Gasteiger partial charge on any atom is -0.338 e. The third kappa shape index (κ3) is 3.52. The Hall–Kier alpha value is -0.950. The van der Waals surface area contributed by atoms with Crippen LogP contribution in [0.3, 0.4) is 0 Å². The van der Waals surface area contributed by atoms with Gasteiger partial charge >= 0.3 is 10.2 Å². The van der Waals surface area contributed by atoms with Crippen LogP contribution in [-0.2, 0) is 10.2 Å². The van der Waals surface area contributed by atoms with Gasteiger partial charge in [0.05, 0.1) is 10.6 Å². The molecule has 1 aromatic rings. The molecular formula is C11H14FNO3S2. The Kier molecular flexibility index (Phi) is 4.01. The summed E-state index contributed by atoms with van der Waals surface area (Å²) in [5, 5.41) is 1.82. The normalized spacial score (nSPS) is 20.9. The molecule has 100 valence electrons. The van der Waals surface area contributed by atoms with E-state index < -0.39 is 16.0 Å². The Morgan fingerprint density at radius 1 is 1.56 bits per heavy atom. The summed E-state index contributed by atoms with van der Waals surface area (Å²) in [7, 11) is -4.46. The fraction of sp³-hybridized carbons (Fsp3) is 0.545. The molecule has 0 bridgehead atoms. The second-order valence-electron chi connectivity index (χ2n) is 4.44. The fourth-order valence-electron chi connectivity index (χ4n) is 2.22. The van der Waals surface area contributed by atoms with Crippen molar-refractivity contribution in [3.05, 3.63) is 22.4 Å². The molecule has 0 unspecified atom stereocenters. The van der Waals surface area contributed by atoms with Crippen LogP contribution in [0.15, 0.2) is 17.5 Å². The minimum absolute atomic E-state index is 0.0917. The molecule has 1 atom stereocenters. The maximum atomic E-state index is 12.6. The predicted molar refractivity (Wildman–Crippen MR) is 67.8 cm³/mol. The highest BCUT2D eigenvalue weighted by atomic mass is 32.3. The molecule has 0 spiro atoms. The molecule has 0 radical (unpaired) electrons. The monoisotopic (exact) mass is 291 g/mol. The van der Waals surface area contributed by atoms with Crippen LogP contribution in [0.5, 0.6) is 0 Å². The zero-order valence-electron chi connectivity index (χ0n) is 9.71. The Morgan fingerprint density at radius 3 is 2.94 bits per heavy atom. The first-order valence-corrected chi connectivity index (χ1v) is 8.14. The lowest BCUT2D eigenvalue weighted by molar-refractivity contribution is 0.0688. The number of carbonyl (C=O) groups is 1. The zero-order chi connectivity index (χ0) is 13.2. The highest BCUT2D eigenvalue weighted by Gasteiger charge is 2.28. The Bertz CT molecular complexity index is 512. The van der Waals surface area contributed by atoms with E-state index in [0.717, 1.165) is 6.42 Å². The van der Waals surface area contributed by atoms with E-state index >= 15 is 0 Å². The van der Waals surface area contributed by atoms with Crippen LogP contribution >= 0.6 is 11.3 Å². The van der Waals surface area contributed by atoms with Crippen LogP contribution in [0.25, 0.3) is 0 Å². The molecular weight excluding hydrogens is 277 g/mol. The lowest BCUT2D eigenvalue weighted by Crippen LogP contribution is -2.41. The highest BCUT2D eigenvalue weighted by molar-refractivity contribution is 7.86. The molecule has 7 heteroatoms. The van der Waals surface area contributed by atoms with E-state index in [1.165, 1.54) is 11.3 Å². The maximum absolute atomic E-state index is 12.6. The number of halogens is 1. The molecule has 0 saturated carbocycles. The van der Waals surface area contributed by atoms with Gasteiger partial charge in [-0.2, -0.15) is 8.42 Å². The van der Waals surface area contributed by atoms with E-state index in [0.29, 0.717) is 24.4 Å². The van der Waals surface area contributed by atoms with Gasteiger partial charge in [0.25, 0.3) is 5.91 Å². The Morgan fingerprint density at radius 2 is 2.33 bits per heavy atom. The molecule has 0 N–H and O–H groups in total. The molecule has 4 nitrogen and oxygen atoms in total. The quantitative estimate of drug-likeness (QED) is 0.799. The molecule has 1 amide bonds. The molecule has 1 aromatic heterocycles. The van der Waals surface area contributed by atoms with Crippen molar-refractivity contribution in [1.29, 1.82) is 0 Å². The van der Waals surface area contributed by atoms with Gasteiger partial charge in [-0.25, -0.2) is 0 Å². The van der Waals surface area contributed by atoms with Crippen LogP contribution in [0, 0.1) is 5.92 Å². The molecule has 0 aliphatic carbocycles. The molecule has 1 fully saturated rings. The first kappa shape index (κ1) is 13.5. The number of nitrogens with zero attached hydrogens (tertiary/aromatic N) is 1. The molecule has 18 heavy (non-hydrogen) atoms. The van der Waals surface area contributed by atoms with E-state index in [9.17, 15) is 17.1 Å². The number of thiophene rings is 1. The number of hydrogen-bond donors (Lipinski definition) is 0. The average Bonchev–Trinajstić information content (AvgIpc) is 2.79. The summed E-state index contributed by atoms with van der Waals surface area (Å²) in [5.74, 6) is -0.870. The Balaban J connectivity index is 2.01. The van der Waals surface area contributed by atoms with E-state index in [1.807, 2.05) is 5.38 Å². The van der Waals surface area contributed by atoms with Crippen molar-refractivity contribution in [1.82, 2.24) is 4.90 Å². The summed E-state index contributed by atoms with van der Waals surface area (Å²) in [4.78, 5) is 14.3. The van der Waals surface area contributed by atoms with Crippen molar-refractivity contribution in [2.24, 2.45) is 5.92 Å².